The first kappa shape index (κ1) is 13.8. The Balaban J connectivity index is 2.02. The molecule has 2 aromatic carbocycles. The van der Waals surface area contributed by atoms with Crippen molar-refractivity contribution in [3.8, 4) is 5.75 Å². The summed E-state index contributed by atoms with van der Waals surface area (Å²) in [6.45, 7) is 0. The van der Waals surface area contributed by atoms with Gasteiger partial charge in [0.2, 0.25) is 5.91 Å². The van der Waals surface area contributed by atoms with Crippen LogP contribution < -0.4 is 10.1 Å². The number of amides is 1. The van der Waals surface area contributed by atoms with Crippen LogP contribution in [0.1, 0.15) is 5.56 Å². The number of carbonyl (C=O) groups excluding carboxylic acids is 1. The van der Waals surface area contributed by atoms with E-state index in [1.165, 1.54) is 25.3 Å². The van der Waals surface area contributed by atoms with E-state index in [-0.39, 0.29) is 11.7 Å². The molecule has 0 heterocycles. The Morgan fingerprint density at radius 1 is 1.20 bits per heavy atom. The molecule has 1 amide bonds. The van der Waals surface area contributed by atoms with E-state index in [0.717, 1.165) is 0 Å². The maximum Gasteiger partial charge on any atom is 0.248 e. The summed E-state index contributed by atoms with van der Waals surface area (Å²) in [5.41, 5.74) is 1.30. The van der Waals surface area contributed by atoms with Crippen LogP contribution in [0.4, 0.5) is 10.1 Å². The number of methoxy groups -OCH3 is 1. The van der Waals surface area contributed by atoms with Crippen LogP contribution in [0.15, 0.2) is 54.6 Å². The van der Waals surface area contributed by atoms with E-state index >= 15 is 0 Å². The zero-order valence-corrected chi connectivity index (χ0v) is 11.0. The average molecular weight is 271 g/mol. The third kappa shape index (κ3) is 3.68. The Hall–Kier alpha value is -2.62. The third-order valence-electron chi connectivity index (χ3n) is 2.64. The van der Waals surface area contributed by atoms with Crippen LogP contribution in [0.5, 0.6) is 5.75 Å². The van der Waals surface area contributed by atoms with Crippen LogP contribution in [0.3, 0.4) is 0 Å². The fourth-order valence-electron chi connectivity index (χ4n) is 1.66. The van der Waals surface area contributed by atoms with Crippen LogP contribution in [-0.4, -0.2) is 13.0 Å². The first-order valence-corrected chi connectivity index (χ1v) is 6.06. The van der Waals surface area contributed by atoms with Crippen molar-refractivity contribution in [2.24, 2.45) is 0 Å². The minimum atomic E-state index is -0.460. The van der Waals surface area contributed by atoms with Gasteiger partial charge in [0.1, 0.15) is 0 Å². The van der Waals surface area contributed by atoms with Crippen molar-refractivity contribution in [1.29, 1.82) is 0 Å². The predicted molar refractivity (Wildman–Crippen MR) is 77.1 cm³/mol. The molecule has 0 aliphatic carbocycles. The quantitative estimate of drug-likeness (QED) is 0.864. The smallest absolute Gasteiger partial charge is 0.248 e. The Labute approximate surface area is 116 Å². The number of carbonyl (C=O) groups is 1. The SMILES string of the molecule is COc1ccc(/C=C/C(=O)Nc2ccccc2)cc1F. The van der Waals surface area contributed by atoms with Gasteiger partial charge in [-0.1, -0.05) is 24.3 Å². The van der Waals surface area contributed by atoms with E-state index in [4.69, 9.17) is 4.74 Å². The molecule has 0 aromatic heterocycles. The fraction of sp³-hybridized carbons (Fsp3) is 0.0625. The molecular formula is C16H14FNO2. The molecule has 2 aromatic rings. The van der Waals surface area contributed by atoms with Gasteiger partial charge in [0.25, 0.3) is 0 Å². The molecule has 0 bridgehead atoms. The highest BCUT2D eigenvalue weighted by Gasteiger charge is 2.02. The second kappa shape index (κ2) is 6.52. The maximum atomic E-state index is 13.5. The summed E-state index contributed by atoms with van der Waals surface area (Å²) in [7, 11) is 1.40. The molecule has 0 atom stereocenters. The van der Waals surface area contributed by atoms with Crippen molar-refractivity contribution >= 4 is 17.7 Å². The molecule has 1 N–H and O–H groups in total. The Kier molecular flexibility index (Phi) is 4.50. The minimum Gasteiger partial charge on any atom is -0.494 e. The molecule has 102 valence electrons. The fourth-order valence-corrected chi connectivity index (χ4v) is 1.66. The number of anilines is 1. The van der Waals surface area contributed by atoms with Crippen LogP contribution >= 0.6 is 0 Å². The van der Waals surface area contributed by atoms with Gasteiger partial charge in [-0.25, -0.2) is 4.39 Å². The highest BCUT2D eigenvalue weighted by atomic mass is 19.1. The van der Waals surface area contributed by atoms with Gasteiger partial charge in [-0.15, -0.1) is 0 Å². The summed E-state index contributed by atoms with van der Waals surface area (Å²) in [5.74, 6) is -0.554. The van der Waals surface area contributed by atoms with Gasteiger partial charge in [0, 0.05) is 11.8 Å². The molecule has 3 nitrogen and oxygen atoms in total. The average Bonchev–Trinajstić information content (AvgIpc) is 2.46. The lowest BCUT2D eigenvalue weighted by molar-refractivity contribution is -0.111. The Morgan fingerprint density at radius 2 is 1.95 bits per heavy atom. The van der Waals surface area contributed by atoms with E-state index in [9.17, 15) is 9.18 Å². The van der Waals surface area contributed by atoms with Gasteiger partial charge in [-0.05, 0) is 35.9 Å². The highest BCUT2D eigenvalue weighted by Crippen LogP contribution is 2.18. The first-order chi connectivity index (χ1) is 9.69. The van der Waals surface area contributed by atoms with Crippen LogP contribution in [0.2, 0.25) is 0 Å². The van der Waals surface area contributed by atoms with Crippen molar-refractivity contribution in [3.63, 3.8) is 0 Å². The molecule has 0 fully saturated rings. The number of ether oxygens (including phenoxy) is 1. The first-order valence-electron chi connectivity index (χ1n) is 6.06. The molecule has 0 aliphatic rings. The molecule has 0 radical (unpaired) electrons. The molecule has 2 rings (SSSR count). The molecule has 0 saturated carbocycles. The van der Waals surface area contributed by atoms with Gasteiger partial charge < -0.3 is 10.1 Å². The molecule has 0 aliphatic heterocycles. The maximum absolute atomic E-state index is 13.5. The van der Waals surface area contributed by atoms with Gasteiger partial charge in [0.15, 0.2) is 11.6 Å². The second-order valence-corrected chi connectivity index (χ2v) is 4.08. The molecule has 0 spiro atoms. The summed E-state index contributed by atoms with van der Waals surface area (Å²) in [4.78, 5) is 11.7. The van der Waals surface area contributed by atoms with Crippen molar-refractivity contribution in [1.82, 2.24) is 0 Å². The van der Waals surface area contributed by atoms with Gasteiger partial charge in [-0.2, -0.15) is 0 Å². The van der Waals surface area contributed by atoms with Crippen molar-refractivity contribution in [3.05, 3.63) is 66.0 Å². The molecule has 20 heavy (non-hydrogen) atoms. The van der Waals surface area contributed by atoms with Gasteiger partial charge >= 0.3 is 0 Å². The van der Waals surface area contributed by atoms with Crippen molar-refractivity contribution in [2.75, 3.05) is 12.4 Å². The van der Waals surface area contributed by atoms with Crippen molar-refractivity contribution in [2.45, 2.75) is 0 Å². The predicted octanol–water partition coefficient (Wildman–Crippen LogP) is 3.49. The van der Waals surface area contributed by atoms with Crippen LogP contribution in [-0.2, 0) is 4.79 Å². The molecular weight excluding hydrogens is 257 g/mol. The second-order valence-electron chi connectivity index (χ2n) is 4.08. The minimum absolute atomic E-state index is 0.177. The van der Waals surface area contributed by atoms with E-state index in [1.54, 1.807) is 24.3 Å². The normalized spacial score (nSPS) is 10.5. The largest absolute Gasteiger partial charge is 0.494 e. The van der Waals surface area contributed by atoms with Crippen molar-refractivity contribution < 1.29 is 13.9 Å². The lowest BCUT2D eigenvalue weighted by Crippen LogP contribution is -2.07. The number of benzene rings is 2. The van der Waals surface area contributed by atoms with E-state index in [2.05, 4.69) is 5.32 Å². The lowest BCUT2D eigenvalue weighted by Gasteiger charge is -2.02. The zero-order chi connectivity index (χ0) is 14.4. The highest BCUT2D eigenvalue weighted by molar-refractivity contribution is 6.01. The summed E-state index contributed by atoms with van der Waals surface area (Å²) in [6, 6.07) is 13.6. The van der Waals surface area contributed by atoms with Gasteiger partial charge in [0.05, 0.1) is 7.11 Å². The van der Waals surface area contributed by atoms with Gasteiger partial charge in [-0.3, -0.25) is 4.79 Å². The number of nitrogens with one attached hydrogen (secondary N) is 1. The number of hydrogen-bond acceptors (Lipinski definition) is 2. The summed E-state index contributed by atoms with van der Waals surface area (Å²) in [6.07, 6.45) is 2.90. The third-order valence-corrected chi connectivity index (χ3v) is 2.64. The summed E-state index contributed by atoms with van der Waals surface area (Å²) in [5, 5.41) is 2.71. The number of rotatable bonds is 4. The van der Waals surface area contributed by atoms with Crippen LogP contribution in [0.25, 0.3) is 6.08 Å². The van der Waals surface area contributed by atoms with E-state index in [0.29, 0.717) is 11.3 Å². The van der Waals surface area contributed by atoms with E-state index < -0.39 is 5.82 Å². The Bertz CT molecular complexity index is 624. The summed E-state index contributed by atoms with van der Waals surface area (Å²) < 4.78 is 18.3. The molecule has 4 heteroatoms. The monoisotopic (exact) mass is 271 g/mol. The number of hydrogen-bond donors (Lipinski definition) is 1. The topological polar surface area (TPSA) is 38.3 Å². The van der Waals surface area contributed by atoms with E-state index in [1.807, 2.05) is 18.2 Å². The zero-order valence-electron chi connectivity index (χ0n) is 11.0. The number of para-hydroxylation sites is 1. The molecule has 0 unspecified atom stereocenters. The Morgan fingerprint density at radius 3 is 2.60 bits per heavy atom. The summed E-state index contributed by atoms with van der Waals surface area (Å²) >= 11 is 0. The lowest BCUT2D eigenvalue weighted by atomic mass is 10.2. The standard InChI is InChI=1S/C16H14FNO2/c1-20-15-9-7-12(11-14(15)17)8-10-16(19)18-13-5-3-2-4-6-13/h2-11H,1H3,(H,18,19)/b10-8+. The number of halogens is 1. The molecule has 0 saturated heterocycles. The van der Waals surface area contributed by atoms with Crippen LogP contribution in [0, 0.1) is 5.82 Å².